The van der Waals surface area contributed by atoms with E-state index in [0.717, 1.165) is 5.56 Å². The molecule has 0 aliphatic carbocycles. The van der Waals surface area contributed by atoms with Crippen LogP contribution in [-0.2, 0) is 20.9 Å². The number of hydrogen-bond donors (Lipinski definition) is 1. The largest absolute Gasteiger partial charge is 0.449 e. The smallest absolute Gasteiger partial charge is 0.338 e. The monoisotopic (exact) mass is 332 g/mol. The Hall–Kier alpha value is -2.39. The number of nitrogens with zero attached hydrogens (tertiary/aromatic N) is 1. The molecule has 0 spiro atoms. The highest BCUT2D eigenvalue weighted by Gasteiger charge is 2.32. The van der Waals surface area contributed by atoms with Gasteiger partial charge in [-0.05, 0) is 37.5 Å². The molecular weight excluding hydrogens is 308 g/mol. The third-order valence-electron chi connectivity index (χ3n) is 3.92. The zero-order valence-corrected chi connectivity index (χ0v) is 14.8. The Bertz CT molecular complexity index is 619. The first-order valence-electron chi connectivity index (χ1n) is 7.75. The Balaban J connectivity index is 2.69. The summed E-state index contributed by atoms with van der Waals surface area (Å²) in [5.41, 5.74) is 0.266. The number of esters is 1. The Morgan fingerprint density at radius 2 is 1.83 bits per heavy atom. The lowest BCUT2D eigenvalue weighted by Crippen LogP contribution is -2.52. The molecule has 0 bridgehead atoms. The third-order valence-corrected chi connectivity index (χ3v) is 3.92. The van der Waals surface area contributed by atoms with Crippen LogP contribution < -0.4 is 5.32 Å². The maximum atomic E-state index is 12.2. The quantitative estimate of drug-likeness (QED) is 0.775. The van der Waals surface area contributed by atoms with Crippen molar-refractivity contribution in [3.05, 3.63) is 35.4 Å². The highest BCUT2D eigenvalue weighted by atomic mass is 16.5. The average Bonchev–Trinajstić information content (AvgIpc) is 2.55. The fourth-order valence-electron chi connectivity index (χ4n) is 1.84. The van der Waals surface area contributed by atoms with Crippen LogP contribution in [0.4, 0.5) is 0 Å². The van der Waals surface area contributed by atoms with Crippen LogP contribution in [0.2, 0.25) is 0 Å². The Morgan fingerprint density at radius 3 is 2.29 bits per heavy atom. The van der Waals surface area contributed by atoms with Gasteiger partial charge in [-0.3, -0.25) is 4.79 Å². The summed E-state index contributed by atoms with van der Waals surface area (Å²) in [6.45, 7) is 7.24. The number of amides is 1. The molecule has 1 amide bonds. The van der Waals surface area contributed by atoms with Gasteiger partial charge in [0.15, 0.2) is 6.10 Å². The summed E-state index contributed by atoms with van der Waals surface area (Å²) in [6, 6.07) is 8.84. The van der Waals surface area contributed by atoms with Crippen LogP contribution in [0, 0.1) is 17.2 Å². The average molecular weight is 332 g/mol. The molecule has 0 radical (unpaired) electrons. The van der Waals surface area contributed by atoms with Gasteiger partial charge in [-0.2, -0.15) is 5.26 Å². The van der Waals surface area contributed by atoms with Crippen molar-refractivity contribution in [3.8, 4) is 6.07 Å². The molecule has 0 aliphatic heterocycles. The number of nitriles is 1. The lowest BCUT2D eigenvalue weighted by molar-refractivity contribution is -0.130. The van der Waals surface area contributed by atoms with Crippen molar-refractivity contribution in [2.75, 3.05) is 7.11 Å². The predicted octanol–water partition coefficient (Wildman–Crippen LogP) is 2.43. The van der Waals surface area contributed by atoms with Crippen LogP contribution in [0.5, 0.6) is 0 Å². The van der Waals surface area contributed by atoms with Gasteiger partial charge in [0, 0.05) is 7.11 Å². The van der Waals surface area contributed by atoms with Crippen molar-refractivity contribution in [2.24, 2.45) is 5.92 Å². The lowest BCUT2D eigenvalue weighted by atomic mass is 9.90. The van der Waals surface area contributed by atoms with E-state index < -0.39 is 23.5 Å². The standard InChI is InChI=1S/C18H24N2O4/c1-12(2)18(4,11-19)20-16(21)13(3)24-17(22)15-8-6-14(7-9-15)10-23-5/h6-9,12-13H,10H2,1-5H3,(H,20,21). The Labute approximate surface area is 142 Å². The second kappa shape index (κ2) is 8.46. The molecule has 1 N–H and O–H groups in total. The summed E-state index contributed by atoms with van der Waals surface area (Å²) in [5.74, 6) is -1.18. The maximum absolute atomic E-state index is 12.2. The zero-order valence-electron chi connectivity index (χ0n) is 14.8. The molecule has 1 aromatic carbocycles. The van der Waals surface area contributed by atoms with Gasteiger partial charge in [-0.25, -0.2) is 4.79 Å². The summed E-state index contributed by atoms with van der Waals surface area (Å²) in [7, 11) is 1.59. The first-order valence-corrected chi connectivity index (χ1v) is 7.75. The van der Waals surface area contributed by atoms with Gasteiger partial charge in [0.05, 0.1) is 18.2 Å². The second-order valence-corrected chi connectivity index (χ2v) is 6.14. The Morgan fingerprint density at radius 1 is 1.25 bits per heavy atom. The van der Waals surface area contributed by atoms with Crippen LogP contribution in [-0.4, -0.2) is 30.6 Å². The molecule has 0 aliphatic rings. The number of carbonyl (C=O) groups is 2. The first kappa shape index (κ1) is 19.7. The van der Waals surface area contributed by atoms with Crippen molar-refractivity contribution in [2.45, 2.75) is 45.9 Å². The molecule has 1 aromatic rings. The fourth-order valence-corrected chi connectivity index (χ4v) is 1.84. The van der Waals surface area contributed by atoms with Gasteiger partial charge >= 0.3 is 5.97 Å². The van der Waals surface area contributed by atoms with Crippen molar-refractivity contribution >= 4 is 11.9 Å². The van der Waals surface area contributed by atoms with Crippen LogP contribution in [0.1, 0.15) is 43.6 Å². The molecule has 1 rings (SSSR count). The van der Waals surface area contributed by atoms with Gasteiger partial charge in [-0.1, -0.05) is 26.0 Å². The zero-order chi connectivity index (χ0) is 18.3. The number of nitrogens with one attached hydrogen (secondary N) is 1. The molecule has 0 fully saturated rings. The minimum absolute atomic E-state index is 0.0809. The van der Waals surface area contributed by atoms with Crippen LogP contribution in [0.15, 0.2) is 24.3 Å². The third kappa shape index (κ3) is 5.07. The van der Waals surface area contributed by atoms with E-state index in [-0.39, 0.29) is 5.92 Å². The predicted molar refractivity (Wildman–Crippen MR) is 89.0 cm³/mol. The molecule has 24 heavy (non-hydrogen) atoms. The normalized spacial score (nSPS) is 14.4. The molecule has 6 heteroatoms. The van der Waals surface area contributed by atoms with Crippen LogP contribution in [0.25, 0.3) is 0 Å². The van der Waals surface area contributed by atoms with E-state index in [1.165, 1.54) is 6.92 Å². The number of rotatable bonds is 7. The van der Waals surface area contributed by atoms with Gasteiger partial charge in [0.2, 0.25) is 0 Å². The molecule has 2 atom stereocenters. The van der Waals surface area contributed by atoms with Crippen LogP contribution in [0.3, 0.4) is 0 Å². The SMILES string of the molecule is COCc1ccc(C(=O)OC(C)C(=O)NC(C)(C#N)C(C)C)cc1. The molecule has 0 aromatic heterocycles. The van der Waals surface area contributed by atoms with E-state index in [2.05, 4.69) is 11.4 Å². The van der Waals surface area contributed by atoms with Crippen molar-refractivity contribution in [1.29, 1.82) is 5.26 Å². The molecule has 2 unspecified atom stereocenters. The fraction of sp³-hybridized carbons (Fsp3) is 0.500. The van der Waals surface area contributed by atoms with Crippen molar-refractivity contribution in [1.82, 2.24) is 5.32 Å². The van der Waals surface area contributed by atoms with E-state index >= 15 is 0 Å². The van der Waals surface area contributed by atoms with E-state index in [9.17, 15) is 14.9 Å². The summed E-state index contributed by atoms with van der Waals surface area (Å²) < 4.78 is 10.2. The van der Waals surface area contributed by atoms with E-state index in [1.54, 1.807) is 38.3 Å². The number of hydrogen-bond acceptors (Lipinski definition) is 5. The minimum Gasteiger partial charge on any atom is -0.449 e. The maximum Gasteiger partial charge on any atom is 0.338 e. The van der Waals surface area contributed by atoms with Crippen molar-refractivity contribution in [3.63, 3.8) is 0 Å². The lowest BCUT2D eigenvalue weighted by Gasteiger charge is -2.28. The van der Waals surface area contributed by atoms with Gasteiger partial charge in [0.25, 0.3) is 5.91 Å². The molecular formula is C18H24N2O4. The van der Waals surface area contributed by atoms with E-state index in [1.807, 2.05) is 13.8 Å². The molecule has 130 valence electrons. The number of benzene rings is 1. The minimum atomic E-state index is -1.01. The number of carbonyl (C=O) groups excluding carboxylic acids is 2. The highest BCUT2D eigenvalue weighted by Crippen LogP contribution is 2.16. The highest BCUT2D eigenvalue weighted by molar-refractivity contribution is 5.92. The first-order chi connectivity index (χ1) is 11.2. The number of methoxy groups -OCH3 is 1. The molecule has 0 heterocycles. The Kier molecular flexibility index (Phi) is 6.93. The van der Waals surface area contributed by atoms with Gasteiger partial charge in [0.1, 0.15) is 5.54 Å². The van der Waals surface area contributed by atoms with Gasteiger partial charge < -0.3 is 14.8 Å². The van der Waals surface area contributed by atoms with Crippen LogP contribution >= 0.6 is 0 Å². The topological polar surface area (TPSA) is 88.4 Å². The van der Waals surface area contributed by atoms with Crippen molar-refractivity contribution < 1.29 is 19.1 Å². The summed E-state index contributed by atoms with van der Waals surface area (Å²) >= 11 is 0. The number of ether oxygens (including phenoxy) is 2. The summed E-state index contributed by atoms with van der Waals surface area (Å²) in [4.78, 5) is 24.3. The summed E-state index contributed by atoms with van der Waals surface area (Å²) in [6.07, 6.45) is -0.998. The molecule has 0 saturated heterocycles. The molecule has 6 nitrogen and oxygen atoms in total. The second-order valence-electron chi connectivity index (χ2n) is 6.14. The van der Waals surface area contributed by atoms with E-state index in [0.29, 0.717) is 12.2 Å². The van der Waals surface area contributed by atoms with E-state index in [4.69, 9.17) is 9.47 Å². The summed E-state index contributed by atoms with van der Waals surface area (Å²) in [5, 5.41) is 11.9. The van der Waals surface area contributed by atoms with Gasteiger partial charge in [-0.15, -0.1) is 0 Å². The molecule has 0 saturated carbocycles.